The van der Waals surface area contributed by atoms with Crippen LogP contribution in [0.3, 0.4) is 0 Å². The summed E-state index contributed by atoms with van der Waals surface area (Å²) in [5, 5.41) is 0. The van der Waals surface area contributed by atoms with Crippen molar-refractivity contribution >= 4 is 11.8 Å². The van der Waals surface area contributed by atoms with E-state index in [0.717, 1.165) is 50.0 Å². The minimum atomic E-state index is 0.154. The SMILES string of the molecule is CN(CCc1ccccn1)C(=O)CC[C@@H]1CCCN(C(=O)Cc2cccnc2)C1. The van der Waals surface area contributed by atoms with Crippen LogP contribution in [0.25, 0.3) is 0 Å². The summed E-state index contributed by atoms with van der Waals surface area (Å²) in [7, 11) is 1.86. The molecule has 0 aliphatic carbocycles. The molecular weight excluding hydrogens is 364 g/mol. The van der Waals surface area contributed by atoms with E-state index in [1.54, 1.807) is 23.5 Å². The van der Waals surface area contributed by atoms with E-state index < -0.39 is 0 Å². The van der Waals surface area contributed by atoms with Crippen LogP contribution in [-0.2, 0) is 22.4 Å². The summed E-state index contributed by atoms with van der Waals surface area (Å²) >= 11 is 0. The van der Waals surface area contributed by atoms with Crippen LogP contribution in [0.1, 0.15) is 36.9 Å². The van der Waals surface area contributed by atoms with E-state index in [-0.39, 0.29) is 11.8 Å². The van der Waals surface area contributed by atoms with Gasteiger partial charge >= 0.3 is 0 Å². The van der Waals surface area contributed by atoms with Gasteiger partial charge in [0, 0.05) is 63.8 Å². The highest BCUT2D eigenvalue weighted by Gasteiger charge is 2.24. The Balaban J connectivity index is 1.40. The number of carbonyl (C=O) groups is 2. The molecule has 6 heteroatoms. The lowest BCUT2D eigenvalue weighted by Crippen LogP contribution is -2.41. The highest BCUT2D eigenvalue weighted by Crippen LogP contribution is 2.22. The van der Waals surface area contributed by atoms with Crippen molar-refractivity contribution in [3.8, 4) is 0 Å². The van der Waals surface area contributed by atoms with Crippen molar-refractivity contribution in [3.05, 3.63) is 60.2 Å². The molecule has 3 heterocycles. The van der Waals surface area contributed by atoms with Crippen LogP contribution < -0.4 is 0 Å². The van der Waals surface area contributed by atoms with Gasteiger partial charge in [0.05, 0.1) is 6.42 Å². The van der Waals surface area contributed by atoms with Crippen LogP contribution in [0.15, 0.2) is 48.9 Å². The van der Waals surface area contributed by atoms with Crippen LogP contribution >= 0.6 is 0 Å². The van der Waals surface area contributed by atoms with E-state index in [2.05, 4.69) is 9.97 Å². The van der Waals surface area contributed by atoms with Gasteiger partial charge in [-0.25, -0.2) is 0 Å². The quantitative estimate of drug-likeness (QED) is 0.691. The third-order valence-corrected chi connectivity index (χ3v) is 5.57. The molecule has 0 saturated carbocycles. The van der Waals surface area contributed by atoms with Crippen LogP contribution in [0, 0.1) is 5.92 Å². The maximum absolute atomic E-state index is 12.6. The molecule has 0 spiro atoms. The molecule has 1 aliphatic heterocycles. The van der Waals surface area contributed by atoms with Gasteiger partial charge < -0.3 is 9.80 Å². The Morgan fingerprint density at radius 3 is 2.86 bits per heavy atom. The lowest BCUT2D eigenvalue weighted by molar-refractivity contribution is -0.132. The predicted molar refractivity (Wildman–Crippen MR) is 112 cm³/mol. The molecule has 1 aliphatic rings. The maximum atomic E-state index is 12.6. The van der Waals surface area contributed by atoms with E-state index in [9.17, 15) is 9.59 Å². The zero-order chi connectivity index (χ0) is 20.5. The second-order valence-electron chi connectivity index (χ2n) is 7.81. The number of hydrogen-bond acceptors (Lipinski definition) is 4. The number of pyridine rings is 2. The smallest absolute Gasteiger partial charge is 0.227 e. The number of nitrogens with zero attached hydrogens (tertiary/aromatic N) is 4. The Bertz CT molecular complexity index is 782. The molecule has 0 aromatic carbocycles. The van der Waals surface area contributed by atoms with Crippen molar-refractivity contribution in [2.75, 3.05) is 26.7 Å². The lowest BCUT2D eigenvalue weighted by atomic mass is 9.92. The standard InChI is InChI=1S/C23H30N4O2/c1-26(15-11-21-8-2-3-13-25-21)22(28)10-9-19-7-5-14-27(18-19)23(29)16-20-6-4-12-24-17-20/h2-4,6,8,12-13,17,19H,5,7,9-11,14-16,18H2,1H3/t19-/m0/s1. The summed E-state index contributed by atoms with van der Waals surface area (Å²) < 4.78 is 0. The number of likely N-dealkylation sites (N-methyl/N-ethyl adjacent to an activating group) is 1. The van der Waals surface area contributed by atoms with Gasteiger partial charge in [-0.2, -0.15) is 0 Å². The largest absolute Gasteiger partial charge is 0.345 e. The zero-order valence-corrected chi connectivity index (χ0v) is 17.2. The van der Waals surface area contributed by atoms with E-state index in [1.165, 1.54) is 0 Å². The third kappa shape index (κ3) is 6.66. The van der Waals surface area contributed by atoms with Crippen molar-refractivity contribution in [1.29, 1.82) is 0 Å². The van der Waals surface area contributed by atoms with Crippen molar-refractivity contribution in [3.63, 3.8) is 0 Å². The number of likely N-dealkylation sites (tertiary alicyclic amines) is 1. The zero-order valence-electron chi connectivity index (χ0n) is 17.2. The minimum absolute atomic E-state index is 0.154. The summed E-state index contributed by atoms with van der Waals surface area (Å²) in [5.74, 6) is 0.719. The Morgan fingerprint density at radius 2 is 2.10 bits per heavy atom. The molecule has 29 heavy (non-hydrogen) atoms. The van der Waals surface area contributed by atoms with Crippen LogP contribution in [0.4, 0.5) is 0 Å². The normalized spacial score (nSPS) is 16.4. The molecule has 0 radical (unpaired) electrons. The van der Waals surface area contributed by atoms with Crippen molar-refractivity contribution in [2.24, 2.45) is 5.92 Å². The highest BCUT2D eigenvalue weighted by atomic mass is 16.2. The molecule has 2 aromatic rings. The Morgan fingerprint density at radius 1 is 1.21 bits per heavy atom. The van der Waals surface area contributed by atoms with Gasteiger partial charge in [-0.3, -0.25) is 19.6 Å². The molecule has 1 fully saturated rings. The van der Waals surface area contributed by atoms with E-state index >= 15 is 0 Å². The van der Waals surface area contributed by atoms with Gasteiger partial charge in [0.15, 0.2) is 0 Å². The second-order valence-corrected chi connectivity index (χ2v) is 7.81. The summed E-state index contributed by atoms with van der Waals surface area (Å²) in [4.78, 5) is 37.2. The van der Waals surface area contributed by atoms with Crippen LogP contribution in [0.2, 0.25) is 0 Å². The fourth-order valence-corrected chi connectivity index (χ4v) is 3.79. The number of piperidine rings is 1. The third-order valence-electron chi connectivity index (χ3n) is 5.57. The molecular formula is C23H30N4O2. The van der Waals surface area contributed by atoms with Crippen molar-refractivity contribution < 1.29 is 9.59 Å². The first-order valence-electron chi connectivity index (χ1n) is 10.4. The number of carbonyl (C=O) groups excluding carboxylic acids is 2. The number of rotatable bonds is 8. The Kier molecular flexibility index (Phi) is 7.73. The molecule has 154 valence electrons. The first kappa shape index (κ1) is 21.0. The minimum Gasteiger partial charge on any atom is -0.345 e. The molecule has 0 bridgehead atoms. The molecule has 3 rings (SSSR count). The summed E-state index contributed by atoms with van der Waals surface area (Å²) in [6.07, 6.45) is 9.88. The number of aromatic nitrogens is 2. The van der Waals surface area contributed by atoms with Crippen LogP contribution in [0.5, 0.6) is 0 Å². The summed E-state index contributed by atoms with van der Waals surface area (Å²) in [5.41, 5.74) is 1.95. The monoisotopic (exact) mass is 394 g/mol. The Labute approximate surface area is 173 Å². The Hall–Kier alpha value is -2.76. The van der Waals surface area contributed by atoms with Gasteiger partial charge in [-0.05, 0) is 48.9 Å². The average Bonchev–Trinajstić information content (AvgIpc) is 2.77. The molecule has 0 N–H and O–H groups in total. The number of hydrogen-bond donors (Lipinski definition) is 0. The van der Waals surface area contributed by atoms with E-state index in [1.807, 2.05) is 42.3 Å². The van der Waals surface area contributed by atoms with E-state index in [0.29, 0.717) is 25.3 Å². The first-order chi connectivity index (χ1) is 14.1. The fraction of sp³-hybridized carbons (Fsp3) is 0.478. The van der Waals surface area contributed by atoms with E-state index in [4.69, 9.17) is 0 Å². The maximum Gasteiger partial charge on any atom is 0.227 e. The summed E-state index contributed by atoms with van der Waals surface area (Å²) in [6.45, 7) is 2.24. The molecule has 1 atom stereocenters. The molecule has 2 aromatic heterocycles. The van der Waals surface area contributed by atoms with Gasteiger partial charge in [-0.1, -0.05) is 12.1 Å². The van der Waals surface area contributed by atoms with Crippen LogP contribution in [-0.4, -0.2) is 58.3 Å². The van der Waals surface area contributed by atoms with Gasteiger partial charge in [0.25, 0.3) is 0 Å². The number of amides is 2. The fourth-order valence-electron chi connectivity index (χ4n) is 3.79. The summed E-state index contributed by atoms with van der Waals surface area (Å²) in [6, 6.07) is 9.64. The van der Waals surface area contributed by atoms with Crippen molar-refractivity contribution in [1.82, 2.24) is 19.8 Å². The molecule has 0 unspecified atom stereocenters. The van der Waals surface area contributed by atoms with Gasteiger partial charge in [-0.15, -0.1) is 0 Å². The van der Waals surface area contributed by atoms with Gasteiger partial charge in [0.2, 0.25) is 11.8 Å². The predicted octanol–water partition coefficient (Wildman–Crippen LogP) is 2.74. The second kappa shape index (κ2) is 10.7. The first-order valence-corrected chi connectivity index (χ1v) is 10.4. The van der Waals surface area contributed by atoms with Gasteiger partial charge in [0.1, 0.15) is 0 Å². The highest BCUT2D eigenvalue weighted by molar-refractivity contribution is 5.79. The molecule has 1 saturated heterocycles. The average molecular weight is 395 g/mol. The topological polar surface area (TPSA) is 66.4 Å². The van der Waals surface area contributed by atoms with Crippen molar-refractivity contribution in [2.45, 2.75) is 38.5 Å². The lowest BCUT2D eigenvalue weighted by Gasteiger charge is -2.33. The molecule has 2 amide bonds. The molecule has 6 nitrogen and oxygen atoms in total.